The van der Waals surface area contributed by atoms with Crippen LogP contribution >= 0.6 is 23.2 Å². The van der Waals surface area contributed by atoms with Crippen LogP contribution in [0.4, 0.5) is 4.39 Å². The van der Waals surface area contributed by atoms with E-state index < -0.39 is 5.82 Å². The SMILES string of the molecule is Fc1c(Cl)cccc1-c1nnc2ccc(Cl)nn12. The van der Waals surface area contributed by atoms with Crippen molar-refractivity contribution in [2.24, 2.45) is 0 Å². The van der Waals surface area contributed by atoms with E-state index in [1.807, 2.05) is 0 Å². The molecule has 90 valence electrons. The van der Waals surface area contributed by atoms with E-state index in [2.05, 4.69) is 15.3 Å². The van der Waals surface area contributed by atoms with Crippen LogP contribution in [-0.2, 0) is 0 Å². The Bertz CT molecular complexity index is 741. The summed E-state index contributed by atoms with van der Waals surface area (Å²) in [6, 6.07) is 7.88. The molecule has 2 heterocycles. The normalized spacial score (nSPS) is 11.1. The van der Waals surface area contributed by atoms with Gasteiger partial charge in [-0.1, -0.05) is 29.3 Å². The van der Waals surface area contributed by atoms with Crippen molar-refractivity contribution in [3.8, 4) is 11.4 Å². The molecule has 1 aromatic carbocycles. The third kappa shape index (κ3) is 1.72. The summed E-state index contributed by atoms with van der Waals surface area (Å²) < 4.78 is 15.3. The molecule has 4 nitrogen and oxygen atoms in total. The van der Waals surface area contributed by atoms with Crippen molar-refractivity contribution >= 4 is 28.8 Å². The third-order valence-corrected chi connectivity index (χ3v) is 2.92. The molecule has 0 atom stereocenters. The van der Waals surface area contributed by atoms with E-state index >= 15 is 0 Å². The first-order valence-corrected chi connectivity index (χ1v) is 5.75. The fraction of sp³-hybridized carbons (Fsp3) is 0. The zero-order valence-electron chi connectivity index (χ0n) is 8.81. The molecule has 0 saturated heterocycles. The molecule has 3 rings (SSSR count). The molecule has 0 N–H and O–H groups in total. The lowest BCUT2D eigenvalue weighted by Gasteiger charge is -2.02. The average Bonchev–Trinajstić information content (AvgIpc) is 2.75. The van der Waals surface area contributed by atoms with Crippen LogP contribution in [-0.4, -0.2) is 19.8 Å². The van der Waals surface area contributed by atoms with E-state index in [1.54, 1.807) is 24.3 Å². The van der Waals surface area contributed by atoms with Crippen LogP contribution in [0.5, 0.6) is 0 Å². The maximum Gasteiger partial charge on any atom is 0.188 e. The molecular formula is C11H5Cl2FN4. The van der Waals surface area contributed by atoms with Gasteiger partial charge in [-0.25, -0.2) is 4.39 Å². The summed E-state index contributed by atoms with van der Waals surface area (Å²) in [5, 5.41) is 12.1. The number of benzene rings is 1. The minimum Gasteiger partial charge on any atom is -0.205 e. The molecule has 0 spiro atoms. The molecule has 0 unspecified atom stereocenters. The van der Waals surface area contributed by atoms with Crippen LogP contribution < -0.4 is 0 Å². The van der Waals surface area contributed by atoms with Gasteiger partial charge in [-0.15, -0.1) is 10.2 Å². The Labute approximate surface area is 111 Å². The predicted octanol–water partition coefficient (Wildman–Crippen LogP) is 3.24. The summed E-state index contributed by atoms with van der Waals surface area (Å²) in [5.74, 6) is -0.303. The van der Waals surface area contributed by atoms with Gasteiger partial charge in [0.15, 0.2) is 17.3 Å². The number of fused-ring (bicyclic) bond motifs is 1. The van der Waals surface area contributed by atoms with Crippen molar-refractivity contribution in [2.75, 3.05) is 0 Å². The first-order chi connectivity index (χ1) is 8.66. The Kier molecular flexibility index (Phi) is 2.65. The molecular weight excluding hydrogens is 278 g/mol. The van der Waals surface area contributed by atoms with Crippen molar-refractivity contribution in [3.05, 3.63) is 46.3 Å². The Balaban J connectivity index is 2.32. The molecule has 7 heteroatoms. The quantitative estimate of drug-likeness (QED) is 0.688. The molecule has 18 heavy (non-hydrogen) atoms. The minimum atomic E-state index is -0.560. The Morgan fingerprint density at radius 3 is 2.72 bits per heavy atom. The van der Waals surface area contributed by atoms with Gasteiger partial charge in [-0.2, -0.15) is 9.61 Å². The van der Waals surface area contributed by atoms with Crippen LogP contribution in [0.25, 0.3) is 17.0 Å². The van der Waals surface area contributed by atoms with E-state index in [1.165, 1.54) is 10.6 Å². The number of nitrogens with zero attached hydrogens (tertiary/aromatic N) is 4. The van der Waals surface area contributed by atoms with Crippen LogP contribution in [0.15, 0.2) is 30.3 Å². The lowest BCUT2D eigenvalue weighted by molar-refractivity contribution is 0.629. The van der Waals surface area contributed by atoms with E-state index in [0.29, 0.717) is 5.65 Å². The predicted molar refractivity (Wildman–Crippen MR) is 66.2 cm³/mol. The number of halogens is 3. The van der Waals surface area contributed by atoms with Crippen LogP contribution in [0.1, 0.15) is 0 Å². The number of rotatable bonds is 1. The van der Waals surface area contributed by atoms with Gasteiger partial charge in [0, 0.05) is 0 Å². The highest BCUT2D eigenvalue weighted by Gasteiger charge is 2.15. The third-order valence-electron chi connectivity index (χ3n) is 2.42. The second-order valence-corrected chi connectivity index (χ2v) is 4.35. The fourth-order valence-corrected chi connectivity index (χ4v) is 1.92. The molecule has 3 aromatic rings. The smallest absolute Gasteiger partial charge is 0.188 e. The van der Waals surface area contributed by atoms with Crippen LogP contribution in [0.3, 0.4) is 0 Å². The molecule has 0 fully saturated rings. The van der Waals surface area contributed by atoms with Gasteiger partial charge >= 0.3 is 0 Å². The lowest BCUT2D eigenvalue weighted by Crippen LogP contribution is -1.97. The second-order valence-electron chi connectivity index (χ2n) is 3.55. The molecule has 0 aliphatic rings. The topological polar surface area (TPSA) is 43.1 Å². The Morgan fingerprint density at radius 1 is 1.06 bits per heavy atom. The average molecular weight is 283 g/mol. The van der Waals surface area contributed by atoms with Gasteiger partial charge < -0.3 is 0 Å². The van der Waals surface area contributed by atoms with Crippen molar-refractivity contribution in [2.45, 2.75) is 0 Å². The molecule has 0 aliphatic carbocycles. The molecule has 0 amide bonds. The Hall–Kier alpha value is -1.72. The summed E-state index contributed by atoms with van der Waals surface area (Å²) in [6.07, 6.45) is 0. The molecule has 0 bridgehead atoms. The summed E-state index contributed by atoms with van der Waals surface area (Å²) in [6.45, 7) is 0. The second kappa shape index (κ2) is 4.19. The van der Waals surface area contributed by atoms with Gasteiger partial charge in [0.2, 0.25) is 0 Å². The fourth-order valence-electron chi connectivity index (χ4n) is 1.61. The maximum atomic E-state index is 13.9. The largest absolute Gasteiger partial charge is 0.205 e. The summed E-state index contributed by atoms with van der Waals surface area (Å²) in [5.41, 5.74) is 0.707. The van der Waals surface area contributed by atoms with Crippen LogP contribution in [0.2, 0.25) is 10.2 Å². The van der Waals surface area contributed by atoms with Gasteiger partial charge in [0.1, 0.15) is 5.15 Å². The molecule has 0 saturated carbocycles. The number of aromatic nitrogens is 4. The lowest BCUT2D eigenvalue weighted by atomic mass is 10.2. The van der Waals surface area contributed by atoms with Gasteiger partial charge in [0.25, 0.3) is 0 Å². The van der Waals surface area contributed by atoms with E-state index in [9.17, 15) is 4.39 Å². The van der Waals surface area contributed by atoms with Crippen molar-refractivity contribution in [1.82, 2.24) is 19.8 Å². The van der Waals surface area contributed by atoms with Gasteiger partial charge in [-0.3, -0.25) is 0 Å². The van der Waals surface area contributed by atoms with Crippen LogP contribution in [0, 0.1) is 5.82 Å². The highest BCUT2D eigenvalue weighted by Crippen LogP contribution is 2.26. The highest BCUT2D eigenvalue weighted by atomic mass is 35.5. The summed E-state index contributed by atoms with van der Waals surface area (Å²) in [7, 11) is 0. The highest BCUT2D eigenvalue weighted by molar-refractivity contribution is 6.31. The standard InChI is InChI=1S/C11H5Cl2FN4/c12-7-3-1-2-6(10(7)14)11-16-15-9-5-4-8(13)17-18(9)11/h1-5H. The number of hydrogen-bond acceptors (Lipinski definition) is 3. The zero-order valence-corrected chi connectivity index (χ0v) is 10.3. The molecule has 0 radical (unpaired) electrons. The van der Waals surface area contributed by atoms with Gasteiger partial charge in [0.05, 0.1) is 10.6 Å². The van der Waals surface area contributed by atoms with Crippen molar-refractivity contribution in [3.63, 3.8) is 0 Å². The summed E-state index contributed by atoms with van der Waals surface area (Å²) >= 11 is 11.5. The van der Waals surface area contributed by atoms with Gasteiger partial charge in [-0.05, 0) is 24.3 Å². The monoisotopic (exact) mass is 282 g/mol. The minimum absolute atomic E-state index is 0.0197. The molecule has 0 aliphatic heterocycles. The van der Waals surface area contributed by atoms with Crippen molar-refractivity contribution < 1.29 is 4.39 Å². The van der Waals surface area contributed by atoms with E-state index in [4.69, 9.17) is 23.2 Å². The summed E-state index contributed by atoms with van der Waals surface area (Å²) in [4.78, 5) is 0. The first-order valence-electron chi connectivity index (χ1n) is 4.99. The maximum absolute atomic E-state index is 13.9. The Morgan fingerprint density at radius 2 is 1.89 bits per heavy atom. The first kappa shape index (κ1) is 11.4. The van der Waals surface area contributed by atoms with E-state index in [0.717, 1.165) is 0 Å². The van der Waals surface area contributed by atoms with E-state index in [-0.39, 0.29) is 21.6 Å². The molecule has 2 aromatic heterocycles. The zero-order chi connectivity index (χ0) is 12.7. The number of hydrogen-bond donors (Lipinski definition) is 0. The van der Waals surface area contributed by atoms with Crippen molar-refractivity contribution in [1.29, 1.82) is 0 Å².